The van der Waals surface area contributed by atoms with E-state index in [4.69, 9.17) is 14.5 Å². The van der Waals surface area contributed by atoms with Crippen molar-refractivity contribution in [2.24, 2.45) is 17.8 Å². The molecule has 0 amide bonds. The van der Waals surface area contributed by atoms with Gasteiger partial charge in [0.1, 0.15) is 6.10 Å². The molecular formula is C35H43NO5. The number of fused-ring (bicyclic) bond motifs is 1. The second kappa shape index (κ2) is 14.6. The zero-order valence-corrected chi connectivity index (χ0v) is 24.1. The second-order valence-electron chi connectivity index (χ2n) is 12.1. The van der Waals surface area contributed by atoms with Gasteiger partial charge in [0.2, 0.25) is 0 Å². The first-order valence-corrected chi connectivity index (χ1v) is 15.6. The maximum absolute atomic E-state index is 12.7. The third-order valence-corrected chi connectivity index (χ3v) is 8.98. The van der Waals surface area contributed by atoms with Gasteiger partial charge in [0.25, 0.3) is 0 Å². The Balaban J connectivity index is 1.00. The number of carbonyl (C=O) groups is 2. The number of esters is 1. The minimum Gasteiger partial charge on any atom is -0.481 e. The Kier molecular flexibility index (Phi) is 10.5. The Bertz CT molecular complexity index is 1230. The first-order chi connectivity index (χ1) is 20.0. The molecule has 3 atom stereocenters. The van der Waals surface area contributed by atoms with Crippen molar-refractivity contribution in [2.45, 2.75) is 102 Å². The van der Waals surface area contributed by atoms with E-state index in [1.807, 2.05) is 30.3 Å². The van der Waals surface area contributed by atoms with Crippen LogP contribution in [0.3, 0.4) is 0 Å². The topological polar surface area (TPSA) is 85.7 Å². The minimum atomic E-state index is -0.973. The highest BCUT2D eigenvalue weighted by Crippen LogP contribution is 2.34. The van der Waals surface area contributed by atoms with Gasteiger partial charge in [-0.05, 0) is 107 Å². The molecular weight excluding hydrogens is 514 g/mol. The van der Waals surface area contributed by atoms with Crippen molar-refractivity contribution in [3.05, 3.63) is 65.0 Å². The Morgan fingerprint density at radius 3 is 2.63 bits per heavy atom. The van der Waals surface area contributed by atoms with Gasteiger partial charge in [-0.1, -0.05) is 42.5 Å². The van der Waals surface area contributed by atoms with Crippen LogP contribution in [0, 0.1) is 29.6 Å². The summed E-state index contributed by atoms with van der Waals surface area (Å²) >= 11 is 0. The molecule has 1 heterocycles. The molecule has 2 saturated carbocycles. The number of hydrogen-bond acceptors (Lipinski definition) is 5. The lowest BCUT2D eigenvalue weighted by molar-refractivity contribution is -0.158. The van der Waals surface area contributed by atoms with Gasteiger partial charge in [-0.3, -0.25) is 14.6 Å². The molecule has 218 valence electrons. The van der Waals surface area contributed by atoms with Gasteiger partial charge >= 0.3 is 11.9 Å². The molecule has 6 nitrogen and oxygen atoms in total. The number of nitrogens with zero attached hydrogens (tertiary/aromatic N) is 1. The third-order valence-electron chi connectivity index (χ3n) is 8.98. The molecule has 0 radical (unpaired) electrons. The van der Waals surface area contributed by atoms with E-state index in [0.29, 0.717) is 18.9 Å². The predicted octanol–water partition coefficient (Wildman–Crippen LogP) is 6.32. The van der Waals surface area contributed by atoms with Crippen molar-refractivity contribution in [2.75, 3.05) is 6.61 Å². The lowest BCUT2D eigenvalue weighted by atomic mass is 9.79. The molecule has 0 spiro atoms. The summed E-state index contributed by atoms with van der Waals surface area (Å²) in [5.41, 5.74) is 4.87. The average Bonchev–Trinajstić information content (AvgIpc) is 2.97. The van der Waals surface area contributed by atoms with Crippen molar-refractivity contribution in [1.29, 1.82) is 0 Å². The molecule has 2 aromatic rings. The predicted molar refractivity (Wildman–Crippen MR) is 157 cm³/mol. The maximum atomic E-state index is 12.7. The van der Waals surface area contributed by atoms with Crippen molar-refractivity contribution in [3.63, 3.8) is 0 Å². The van der Waals surface area contributed by atoms with Crippen LogP contribution in [-0.4, -0.2) is 40.8 Å². The SMILES string of the molecule is O=C(CC(CCOC1CC(CCc2ccc3c(n2)CCCC3)C1)C(=O)O)OC1CCCCC1C#Cc1ccccc1. The van der Waals surface area contributed by atoms with Gasteiger partial charge in [-0.25, -0.2) is 0 Å². The number of pyridine rings is 1. The molecule has 2 fully saturated rings. The minimum absolute atomic E-state index is 0.0193. The zero-order valence-electron chi connectivity index (χ0n) is 24.1. The van der Waals surface area contributed by atoms with Gasteiger partial charge < -0.3 is 14.6 Å². The summed E-state index contributed by atoms with van der Waals surface area (Å²) in [6.07, 6.45) is 12.8. The summed E-state index contributed by atoms with van der Waals surface area (Å²) in [6, 6.07) is 14.3. The van der Waals surface area contributed by atoms with E-state index in [2.05, 4.69) is 24.0 Å². The van der Waals surface area contributed by atoms with Gasteiger partial charge in [-0.15, -0.1) is 0 Å². The van der Waals surface area contributed by atoms with Crippen LogP contribution in [0.5, 0.6) is 0 Å². The highest BCUT2D eigenvalue weighted by atomic mass is 16.5. The molecule has 6 heteroatoms. The lowest BCUT2D eigenvalue weighted by Crippen LogP contribution is -2.33. The molecule has 1 N–H and O–H groups in total. The van der Waals surface area contributed by atoms with Gasteiger partial charge in [0.05, 0.1) is 24.4 Å². The molecule has 5 rings (SSSR count). The number of carboxylic acid groups (broad SMARTS) is 1. The van der Waals surface area contributed by atoms with E-state index in [0.717, 1.165) is 63.4 Å². The molecule has 1 aromatic heterocycles. The quantitative estimate of drug-likeness (QED) is 0.257. The van der Waals surface area contributed by atoms with Crippen LogP contribution in [0.4, 0.5) is 0 Å². The molecule has 0 aliphatic heterocycles. The highest BCUT2D eigenvalue weighted by Gasteiger charge is 2.32. The number of aryl methyl sites for hydroxylation is 3. The molecule has 3 aliphatic carbocycles. The van der Waals surface area contributed by atoms with Crippen molar-refractivity contribution >= 4 is 11.9 Å². The standard InChI is InChI=1S/C35H43NO5/c37-34(41-33-13-7-5-11-28(33)16-14-25-8-2-1-3-9-25)24-29(35(38)39)20-21-40-31-22-26(23-31)15-18-30-19-17-27-10-4-6-12-32(27)36-30/h1-3,8-9,17,19,26,28-29,31,33H,4-7,10-13,15,18,20-24H2,(H,38,39). The largest absolute Gasteiger partial charge is 0.481 e. The number of benzene rings is 1. The Hall–Kier alpha value is -3.17. The summed E-state index contributed by atoms with van der Waals surface area (Å²) in [6.45, 7) is 0.350. The Morgan fingerprint density at radius 2 is 1.80 bits per heavy atom. The molecule has 0 saturated heterocycles. The number of carbonyl (C=O) groups excluding carboxylic acids is 1. The van der Waals surface area contributed by atoms with Crippen LogP contribution in [-0.2, 0) is 38.3 Å². The van der Waals surface area contributed by atoms with Crippen LogP contribution < -0.4 is 0 Å². The normalized spacial score (nSPS) is 24.2. The summed E-state index contributed by atoms with van der Waals surface area (Å²) in [5.74, 6) is 4.89. The van der Waals surface area contributed by atoms with E-state index in [-0.39, 0.29) is 24.5 Å². The fourth-order valence-electron chi connectivity index (χ4n) is 6.37. The molecule has 3 unspecified atom stereocenters. The first kappa shape index (κ1) is 29.3. The second-order valence-corrected chi connectivity index (χ2v) is 12.1. The number of hydrogen-bond donors (Lipinski definition) is 1. The summed E-state index contributed by atoms with van der Waals surface area (Å²) in [7, 11) is 0. The third kappa shape index (κ3) is 8.66. The summed E-state index contributed by atoms with van der Waals surface area (Å²) in [4.78, 5) is 29.5. The highest BCUT2D eigenvalue weighted by molar-refractivity contribution is 5.78. The molecule has 1 aromatic carbocycles. The number of carboxylic acids is 1. The van der Waals surface area contributed by atoms with E-state index in [1.54, 1.807) is 0 Å². The van der Waals surface area contributed by atoms with E-state index in [1.165, 1.54) is 36.2 Å². The smallest absolute Gasteiger partial charge is 0.307 e. The van der Waals surface area contributed by atoms with Crippen LogP contribution in [0.1, 0.15) is 93.1 Å². The Labute approximate surface area is 244 Å². The van der Waals surface area contributed by atoms with Gasteiger partial charge in [-0.2, -0.15) is 0 Å². The van der Waals surface area contributed by atoms with Crippen LogP contribution in [0.2, 0.25) is 0 Å². The fourth-order valence-corrected chi connectivity index (χ4v) is 6.37. The van der Waals surface area contributed by atoms with E-state index < -0.39 is 17.9 Å². The number of aliphatic carboxylic acids is 1. The van der Waals surface area contributed by atoms with Crippen molar-refractivity contribution in [1.82, 2.24) is 4.98 Å². The van der Waals surface area contributed by atoms with Gasteiger partial charge in [0, 0.05) is 23.6 Å². The lowest BCUT2D eigenvalue weighted by Gasteiger charge is -2.35. The van der Waals surface area contributed by atoms with E-state index in [9.17, 15) is 14.7 Å². The van der Waals surface area contributed by atoms with Crippen LogP contribution in [0.25, 0.3) is 0 Å². The number of ether oxygens (including phenoxy) is 2. The van der Waals surface area contributed by atoms with Gasteiger partial charge in [0.15, 0.2) is 0 Å². The first-order valence-electron chi connectivity index (χ1n) is 15.6. The van der Waals surface area contributed by atoms with Crippen molar-refractivity contribution in [3.8, 4) is 11.8 Å². The summed E-state index contributed by atoms with van der Waals surface area (Å²) in [5, 5.41) is 9.73. The number of aromatic nitrogens is 1. The molecule has 0 bridgehead atoms. The average molecular weight is 558 g/mol. The monoisotopic (exact) mass is 557 g/mol. The number of rotatable bonds is 11. The zero-order chi connectivity index (χ0) is 28.4. The van der Waals surface area contributed by atoms with Crippen LogP contribution in [0.15, 0.2) is 42.5 Å². The summed E-state index contributed by atoms with van der Waals surface area (Å²) < 4.78 is 11.8. The van der Waals surface area contributed by atoms with Crippen molar-refractivity contribution < 1.29 is 24.2 Å². The fraction of sp³-hybridized carbons (Fsp3) is 0.571. The van der Waals surface area contributed by atoms with Crippen LogP contribution >= 0.6 is 0 Å². The molecule has 41 heavy (non-hydrogen) atoms. The molecule has 3 aliphatic rings. The Morgan fingerprint density at radius 1 is 1.00 bits per heavy atom. The van der Waals surface area contributed by atoms with E-state index >= 15 is 0 Å². The maximum Gasteiger partial charge on any atom is 0.307 e.